The average Bonchev–Trinajstić information content (AvgIpc) is 2.85. The van der Waals surface area contributed by atoms with E-state index in [9.17, 15) is 14.4 Å². The fourth-order valence-electron chi connectivity index (χ4n) is 3.63. The van der Waals surface area contributed by atoms with Gasteiger partial charge < -0.3 is 10.6 Å². The van der Waals surface area contributed by atoms with Gasteiger partial charge in [-0.3, -0.25) is 19.0 Å². The molecule has 6 heteroatoms. The third-order valence-electron chi connectivity index (χ3n) is 5.42. The van der Waals surface area contributed by atoms with Gasteiger partial charge in [0.25, 0.3) is 17.4 Å². The third kappa shape index (κ3) is 5.48. The van der Waals surface area contributed by atoms with E-state index in [1.165, 1.54) is 10.6 Å². The number of aryl methyl sites for hydroxylation is 1. The molecule has 0 bridgehead atoms. The summed E-state index contributed by atoms with van der Waals surface area (Å²) in [7, 11) is 0. The molecule has 2 amide bonds. The van der Waals surface area contributed by atoms with Crippen molar-refractivity contribution in [3.63, 3.8) is 0 Å². The molecular formula is C28H25N3O3. The monoisotopic (exact) mass is 451 g/mol. The number of aromatic nitrogens is 1. The number of rotatable bonds is 7. The summed E-state index contributed by atoms with van der Waals surface area (Å²) in [5.74, 6) is -0.611. The Labute approximate surface area is 197 Å². The first-order chi connectivity index (χ1) is 16.5. The number of anilines is 1. The molecule has 1 heterocycles. The molecule has 0 saturated heterocycles. The smallest absolute Gasteiger partial charge is 0.267 e. The molecule has 0 fully saturated rings. The Hall–Kier alpha value is -4.45. The van der Waals surface area contributed by atoms with E-state index in [4.69, 9.17) is 0 Å². The van der Waals surface area contributed by atoms with Crippen LogP contribution in [0.15, 0.2) is 102 Å². The predicted molar refractivity (Wildman–Crippen MR) is 134 cm³/mol. The zero-order valence-electron chi connectivity index (χ0n) is 18.8. The zero-order chi connectivity index (χ0) is 23.9. The van der Waals surface area contributed by atoms with E-state index in [0.29, 0.717) is 29.9 Å². The number of hydrogen-bond donors (Lipinski definition) is 2. The Morgan fingerprint density at radius 1 is 0.824 bits per heavy atom. The van der Waals surface area contributed by atoms with Gasteiger partial charge in [-0.15, -0.1) is 0 Å². The van der Waals surface area contributed by atoms with Crippen LogP contribution in [-0.2, 0) is 6.42 Å². The highest BCUT2D eigenvalue weighted by Gasteiger charge is 2.13. The minimum Gasteiger partial charge on any atom is -0.352 e. The van der Waals surface area contributed by atoms with Crippen LogP contribution in [0.5, 0.6) is 0 Å². The van der Waals surface area contributed by atoms with Crippen molar-refractivity contribution in [2.24, 2.45) is 0 Å². The second-order valence-electron chi connectivity index (χ2n) is 7.96. The van der Waals surface area contributed by atoms with E-state index < -0.39 is 11.5 Å². The predicted octanol–water partition coefficient (Wildman–Crippen LogP) is 4.37. The number of pyridine rings is 1. The number of benzene rings is 3. The molecule has 0 atom stereocenters. The lowest BCUT2D eigenvalue weighted by Gasteiger charge is -2.10. The first-order valence-electron chi connectivity index (χ1n) is 11.0. The Morgan fingerprint density at radius 2 is 1.59 bits per heavy atom. The maximum absolute atomic E-state index is 13.0. The van der Waals surface area contributed by atoms with Crippen molar-refractivity contribution >= 4 is 17.5 Å². The molecule has 0 aliphatic rings. The fraction of sp³-hybridized carbons (Fsp3) is 0.107. The third-order valence-corrected chi connectivity index (χ3v) is 5.42. The molecular weight excluding hydrogens is 426 g/mol. The largest absolute Gasteiger partial charge is 0.352 e. The highest BCUT2D eigenvalue weighted by molar-refractivity contribution is 6.04. The summed E-state index contributed by atoms with van der Waals surface area (Å²) >= 11 is 0. The second kappa shape index (κ2) is 10.4. The average molecular weight is 452 g/mol. The van der Waals surface area contributed by atoms with Crippen molar-refractivity contribution in [1.82, 2.24) is 9.88 Å². The van der Waals surface area contributed by atoms with Crippen LogP contribution in [0.2, 0.25) is 0 Å². The summed E-state index contributed by atoms with van der Waals surface area (Å²) in [5, 5.41) is 5.67. The summed E-state index contributed by atoms with van der Waals surface area (Å²) in [4.78, 5) is 38.0. The van der Waals surface area contributed by atoms with E-state index in [0.717, 1.165) is 11.1 Å². The Morgan fingerprint density at radius 3 is 2.32 bits per heavy atom. The van der Waals surface area contributed by atoms with E-state index in [2.05, 4.69) is 10.6 Å². The minimum absolute atomic E-state index is 0.0763. The van der Waals surface area contributed by atoms with Gasteiger partial charge in [0.1, 0.15) is 5.56 Å². The summed E-state index contributed by atoms with van der Waals surface area (Å²) in [5.41, 5.74) is 3.57. The Bertz CT molecular complexity index is 1360. The zero-order valence-corrected chi connectivity index (χ0v) is 18.8. The van der Waals surface area contributed by atoms with Crippen LogP contribution >= 0.6 is 0 Å². The molecule has 0 saturated carbocycles. The number of carbonyl (C=O) groups excluding carboxylic acids is 2. The lowest BCUT2D eigenvalue weighted by Crippen LogP contribution is -2.33. The van der Waals surface area contributed by atoms with Gasteiger partial charge in [-0.1, -0.05) is 48.0 Å². The lowest BCUT2D eigenvalue weighted by atomic mass is 10.1. The van der Waals surface area contributed by atoms with Crippen LogP contribution in [-0.4, -0.2) is 22.9 Å². The molecule has 34 heavy (non-hydrogen) atoms. The van der Waals surface area contributed by atoms with E-state index in [-0.39, 0.29) is 11.5 Å². The summed E-state index contributed by atoms with van der Waals surface area (Å²) in [6, 6.07) is 27.3. The number of hydrogen-bond acceptors (Lipinski definition) is 3. The molecule has 170 valence electrons. The van der Waals surface area contributed by atoms with Crippen LogP contribution in [0.4, 0.5) is 5.69 Å². The van der Waals surface area contributed by atoms with E-state index in [1.54, 1.807) is 42.6 Å². The normalized spacial score (nSPS) is 10.5. The van der Waals surface area contributed by atoms with Crippen molar-refractivity contribution in [1.29, 1.82) is 0 Å². The van der Waals surface area contributed by atoms with Crippen LogP contribution in [0, 0.1) is 6.92 Å². The van der Waals surface area contributed by atoms with Crippen molar-refractivity contribution < 1.29 is 9.59 Å². The maximum atomic E-state index is 13.0. The quantitative estimate of drug-likeness (QED) is 0.438. The lowest BCUT2D eigenvalue weighted by molar-refractivity contribution is 0.0951. The number of nitrogens with one attached hydrogen (secondary N) is 2. The summed E-state index contributed by atoms with van der Waals surface area (Å²) in [6.45, 7) is 2.37. The van der Waals surface area contributed by atoms with Gasteiger partial charge in [0.05, 0.1) is 0 Å². The van der Waals surface area contributed by atoms with Gasteiger partial charge in [-0.2, -0.15) is 0 Å². The number of carbonyl (C=O) groups is 2. The topological polar surface area (TPSA) is 80.2 Å². The molecule has 0 aliphatic heterocycles. The summed E-state index contributed by atoms with van der Waals surface area (Å²) < 4.78 is 1.41. The van der Waals surface area contributed by atoms with Crippen LogP contribution in [0.25, 0.3) is 5.69 Å². The molecule has 0 radical (unpaired) electrons. The molecule has 0 unspecified atom stereocenters. The summed E-state index contributed by atoms with van der Waals surface area (Å²) in [6.07, 6.45) is 2.30. The standard InChI is InChI=1S/C28H25N3O3/c1-20-7-5-10-22(19-20)26(32)30-23-12-14-24(15-13-23)31-18-6-11-25(28(31)34)27(33)29-17-16-21-8-3-2-4-9-21/h2-15,18-19H,16-17H2,1H3,(H,29,33)(H,30,32). The SMILES string of the molecule is Cc1cccc(C(=O)Nc2ccc(-n3cccc(C(=O)NCCc4ccccc4)c3=O)cc2)c1. The number of nitrogens with zero attached hydrogens (tertiary/aromatic N) is 1. The van der Waals surface area contributed by atoms with Crippen LogP contribution < -0.4 is 16.2 Å². The van der Waals surface area contributed by atoms with Crippen molar-refractivity contribution in [3.8, 4) is 5.69 Å². The van der Waals surface area contributed by atoms with Gasteiger partial charge in [0, 0.05) is 29.7 Å². The van der Waals surface area contributed by atoms with Crippen LogP contribution in [0.1, 0.15) is 31.8 Å². The van der Waals surface area contributed by atoms with Crippen molar-refractivity contribution in [3.05, 3.63) is 130 Å². The molecule has 0 aliphatic carbocycles. The Kier molecular flexibility index (Phi) is 6.98. The first-order valence-corrected chi connectivity index (χ1v) is 11.0. The van der Waals surface area contributed by atoms with Gasteiger partial charge in [0.15, 0.2) is 0 Å². The van der Waals surface area contributed by atoms with E-state index >= 15 is 0 Å². The van der Waals surface area contributed by atoms with Gasteiger partial charge in [-0.25, -0.2) is 0 Å². The van der Waals surface area contributed by atoms with Gasteiger partial charge >= 0.3 is 0 Å². The molecule has 1 aromatic heterocycles. The minimum atomic E-state index is -0.406. The van der Waals surface area contributed by atoms with Crippen LogP contribution in [0.3, 0.4) is 0 Å². The molecule has 6 nitrogen and oxygen atoms in total. The van der Waals surface area contributed by atoms with Crippen molar-refractivity contribution in [2.75, 3.05) is 11.9 Å². The van der Waals surface area contributed by atoms with Crippen molar-refractivity contribution in [2.45, 2.75) is 13.3 Å². The molecule has 4 aromatic rings. The molecule has 3 aromatic carbocycles. The first kappa shape index (κ1) is 22.7. The Balaban J connectivity index is 1.44. The second-order valence-corrected chi connectivity index (χ2v) is 7.96. The molecule has 0 spiro atoms. The fourth-order valence-corrected chi connectivity index (χ4v) is 3.63. The van der Waals surface area contributed by atoms with E-state index in [1.807, 2.05) is 55.5 Å². The number of amides is 2. The van der Waals surface area contributed by atoms with Gasteiger partial charge in [-0.05, 0) is 67.4 Å². The van der Waals surface area contributed by atoms with Gasteiger partial charge in [0.2, 0.25) is 0 Å². The molecule has 2 N–H and O–H groups in total. The highest BCUT2D eigenvalue weighted by atomic mass is 16.2. The highest BCUT2D eigenvalue weighted by Crippen LogP contribution is 2.14. The maximum Gasteiger partial charge on any atom is 0.267 e. The molecule has 4 rings (SSSR count).